The highest BCUT2D eigenvalue weighted by Crippen LogP contribution is 2.05. The van der Waals surface area contributed by atoms with Crippen LogP contribution in [0.5, 0.6) is 0 Å². The van der Waals surface area contributed by atoms with Gasteiger partial charge in [0.2, 0.25) is 5.91 Å². The number of benzene rings is 1. The number of methoxy groups -OCH3 is 1. The summed E-state index contributed by atoms with van der Waals surface area (Å²) in [6, 6.07) is 7.08. The van der Waals surface area contributed by atoms with Gasteiger partial charge in [-0.2, -0.15) is 0 Å². The molecular formula is C16H25ClN2O4. The Kier molecular flexibility index (Phi) is 11.0. The number of rotatable bonds is 10. The third-order valence-electron chi connectivity index (χ3n) is 3.21. The molecule has 0 heterocycles. The molecule has 0 aliphatic carbocycles. The number of carbonyl (C=O) groups excluding carboxylic acids is 1. The van der Waals surface area contributed by atoms with Crippen molar-refractivity contribution in [1.82, 2.24) is 10.6 Å². The van der Waals surface area contributed by atoms with Crippen LogP contribution in [-0.2, 0) is 27.5 Å². The second kappa shape index (κ2) is 11.9. The predicted molar refractivity (Wildman–Crippen MR) is 90.6 cm³/mol. The predicted octanol–water partition coefficient (Wildman–Crippen LogP) is 1.71. The molecule has 1 atom stereocenters. The van der Waals surface area contributed by atoms with Crippen LogP contribution in [0.15, 0.2) is 24.3 Å². The minimum atomic E-state index is -0.927. The summed E-state index contributed by atoms with van der Waals surface area (Å²) < 4.78 is 5.03. The number of hydrogen-bond acceptors (Lipinski definition) is 4. The van der Waals surface area contributed by atoms with Crippen LogP contribution in [0, 0.1) is 0 Å². The molecule has 3 N–H and O–H groups in total. The number of amides is 1. The molecule has 0 aliphatic rings. The fourth-order valence-electron chi connectivity index (χ4n) is 2.00. The van der Waals surface area contributed by atoms with Crippen LogP contribution in [0.1, 0.15) is 30.9 Å². The van der Waals surface area contributed by atoms with Crippen LogP contribution in [0.25, 0.3) is 0 Å². The van der Waals surface area contributed by atoms with E-state index in [1.54, 1.807) is 7.11 Å². The maximum absolute atomic E-state index is 11.7. The Balaban J connectivity index is 0.00000484. The molecule has 1 aromatic carbocycles. The highest BCUT2D eigenvalue weighted by atomic mass is 35.5. The van der Waals surface area contributed by atoms with Crippen LogP contribution in [0.2, 0.25) is 0 Å². The lowest BCUT2D eigenvalue weighted by Gasteiger charge is -2.13. The number of carbonyl (C=O) groups is 2. The number of aliphatic carboxylic acids is 1. The maximum Gasteiger partial charge on any atom is 0.320 e. The van der Waals surface area contributed by atoms with E-state index in [-0.39, 0.29) is 24.9 Å². The lowest BCUT2D eigenvalue weighted by molar-refractivity contribution is -0.139. The Morgan fingerprint density at radius 3 is 2.35 bits per heavy atom. The minimum Gasteiger partial charge on any atom is -0.480 e. The van der Waals surface area contributed by atoms with Crippen molar-refractivity contribution in [2.24, 2.45) is 0 Å². The van der Waals surface area contributed by atoms with Gasteiger partial charge in [0, 0.05) is 13.7 Å². The molecule has 0 fully saturated rings. The van der Waals surface area contributed by atoms with E-state index in [2.05, 4.69) is 10.6 Å². The van der Waals surface area contributed by atoms with E-state index in [9.17, 15) is 9.59 Å². The zero-order valence-corrected chi connectivity index (χ0v) is 14.3. The maximum atomic E-state index is 11.7. The molecule has 0 aliphatic heterocycles. The lowest BCUT2D eigenvalue weighted by atomic mass is 10.1. The number of carboxylic acids is 1. The summed E-state index contributed by atoms with van der Waals surface area (Å²) in [6.07, 6.45) is 1.25. The molecule has 23 heavy (non-hydrogen) atoms. The van der Waals surface area contributed by atoms with E-state index in [0.717, 1.165) is 17.5 Å². The Labute approximate surface area is 143 Å². The summed E-state index contributed by atoms with van der Waals surface area (Å²) in [6.45, 7) is 2.88. The van der Waals surface area contributed by atoms with Gasteiger partial charge in [-0.15, -0.1) is 12.4 Å². The van der Waals surface area contributed by atoms with E-state index < -0.39 is 12.0 Å². The Morgan fingerprint density at radius 2 is 1.83 bits per heavy atom. The van der Waals surface area contributed by atoms with E-state index in [4.69, 9.17) is 9.84 Å². The Hall–Kier alpha value is -1.63. The number of carboxylic acid groups (broad SMARTS) is 1. The van der Waals surface area contributed by atoms with Crippen LogP contribution >= 0.6 is 12.4 Å². The number of nitrogens with one attached hydrogen (secondary N) is 2. The third-order valence-corrected chi connectivity index (χ3v) is 3.21. The first-order valence-corrected chi connectivity index (χ1v) is 7.36. The van der Waals surface area contributed by atoms with Gasteiger partial charge in [-0.05, 0) is 17.5 Å². The van der Waals surface area contributed by atoms with Crippen molar-refractivity contribution in [1.29, 1.82) is 0 Å². The second-order valence-electron chi connectivity index (χ2n) is 5.09. The van der Waals surface area contributed by atoms with Gasteiger partial charge in [-0.25, -0.2) is 0 Å². The summed E-state index contributed by atoms with van der Waals surface area (Å²) >= 11 is 0. The molecule has 0 spiro atoms. The molecule has 0 bridgehead atoms. The number of ether oxygens (including phenoxy) is 1. The van der Waals surface area contributed by atoms with Gasteiger partial charge in [0.25, 0.3) is 0 Å². The van der Waals surface area contributed by atoms with Crippen LogP contribution in [-0.4, -0.2) is 36.7 Å². The molecule has 1 amide bonds. The summed E-state index contributed by atoms with van der Waals surface area (Å²) in [7, 11) is 1.64. The smallest absolute Gasteiger partial charge is 0.320 e. The number of halogens is 1. The van der Waals surface area contributed by atoms with Gasteiger partial charge >= 0.3 is 5.97 Å². The Morgan fingerprint density at radius 1 is 1.22 bits per heavy atom. The van der Waals surface area contributed by atoms with Gasteiger partial charge in [-0.1, -0.05) is 37.6 Å². The van der Waals surface area contributed by atoms with E-state index >= 15 is 0 Å². The highest BCUT2D eigenvalue weighted by molar-refractivity contribution is 5.85. The first kappa shape index (κ1) is 21.4. The van der Waals surface area contributed by atoms with Gasteiger partial charge in [-0.3, -0.25) is 14.9 Å². The summed E-state index contributed by atoms with van der Waals surface area (Å²) in [5.74, 6) is -1.15. The van der Waals surface area contributed by atoms with Crippen molar-refractivity contribution in [2.75, 3.05) is 13.7 Å². The molecule has 7 heteroatoms. The minimum absolute atomic E-state index is 0. The summed E-state index contributed by atoms with van der Waals surface area (Å²) in [5.41, 5.74) is 2.06. The molecule has 0 aromatic heterocycles. The van der Waals surface area contributed by atoms with Crippen LogP contribution < -0.4 is 10.6 Å². The molecule has 130 valence electrons. The molecule has 0 saturated heterocycles. The topological polar surface area (TPSA) is 87.7 Å². The first-order valence-electron chi connectivity index (χ1n) is 7.36. The van der Waals surface area contributed by atoms with Crippen LogP contribution in [0.4, 0.5) is 0 Å². The third kappa shape index (κ3) is 8.54. The molecule has 6 nitrogen and oxygen atoms in total. The zero-order chi connectivity index (χ0) is 16.4. The normalized spacial score (nSPS) is 11.4. The van der Waals surface area contributed by atoms with Crippen molar-refractivity contribution in [2.45, 2.75) is 39.0 Å². The molecule has 1 rings (SSSR count). The zero-order valence-electron chi connectivity index (χ0n) is 13.5. The Bertz CT molecular complexity index is 479. The van der Waals surface area contributed by atoms with E-state index in [1.807, 2.05) is 31.2 Å². The fraction of sp³-hybridized carbons (Fsp3) is 0.500. The monoisotopic (exact) mass is 344 g/mol. The van der Waals surface area contributed by atoms with Gasteiger partial charge < -0.3 is 15.2 Å². The molecule has 0 radical (unpaired) electrons. The van der Waals surface area contributed by atoms with Gasteiger partial charge in [0.1, 0.15) is 6.04 Å². The lowest BCUT2D eigenvalue weighted by Crippen LogP contribution is -2.42. The van der Waals surface area contributed by atoms with Crippen molar-refractivity contribution in [3.63, 3.8) is 0 Å². The first-order chi connectivity index (χ1) is 10.6. The van der Waals surface area contributed by atoms with Crippen molar-refractivity contribution >= 4 is 24.3 Å². The largest absolute Gasteiger partial charge is 0.480 e. The molecular weight excluding hydrogens is 320 g/mol. The molecule has 1 unspecified atom stereocenters. The summed E-state index contributed by atoms with van der Waals surface area (Å²) in [4.78, 5) is 22.7. The number of hydrogen-bond donors (Lipinski definition) is 3. The van der Waals surface area contributed by atoms with Crippen molar-refractivity contribution < 1.29 is 19.4 Å². The fourth-order valence-corrected chi connectivity index (χ4v) is 2.00. The van der Waals surface area contributed by atoms with Gasteiger partial charge in [0.05, 0.1) is 13.2 Å². The SMILES string of the molecule is CCCC(NCC(=O)NCc1ccc(COC)cc1)C(=O)O.Cl. The van der Waals surface area contributed by atoms with Crippen LogP contribution in [0.3, 0.4) is 0 Å². The standard InChI is InChI=1S/C16H24N2O4.ClH/c1-3-4-14(16(20)21)17-10-15(19)18-9-12-5-7-13(8-6-12)11-22-2;/h5-8,14,17H,3-4,9-11H2,1-2H3,(H,18,19)(H,20,21);1H. The van der Waals surface area contributed by atoms with E-state index in [1.165, 1.54) is 0 Å². The average Bonchev–Trinajstić information content (AvgIpc) is 2.50. The highest BCUT2D eigenvalue weighted by Gasteiger charge is 2.16. The average molecular weight is 345 g/mol. The second-order valence-corrected chi connectivity index (χ2v) is 5.09. The summed E-state index contributed by atoms with van der Waals surface area (Å²) in [5, 5.41) is 14.5. The van der Waals surface area contributed by atoms with E-state index in [0.29, 0.717) is 19.6 Å². The molecule has 1 aromatic rings. The van der Waals surface area contributed by atoms with Gasteiger partial charge in [0.15, 0.2) is 0 Å². The van der Waals surface area contributed by atoms with Crippen molar-refractivity contribution in [3.8, 4) is 0 Å². The quantitative estimate of drug-likeness (QED) is 0.601. The van der Waals surface area contributed by atoms with Crippen molar-refractivity contribution in [3.05, 3.63) is 35.4 Å². The molecule has 0 saturated carbocycles.